The van der Waals surface area contributed by atoms with Gasteiger partial charge in [-0.3, -0.25) is 4.79 Å². The van der Waals surface area contributed by atoms with Gasteiger partial charge in [-0.05, 0) is 19.9 Å². The molecular weight excluding hydrogens is 308 g/mol. The van der Waals surface area contributed by atoms with E-state index in [-0.39, 0.29) is 12.0 Å². The van der Waals surface area contributed by atoms with Crippen LogP contribution in [0.15, 0.2) is 42.9 Å². The van der Waals surface area contributed by atoms with Gasteiger partial charge in [0.1, 0.15) is 17.2 Å². The Morgan fingerprint density at radius 3 is 2.92 bits per heavy atom. The third kappa shape index (κ3) is 3.29. The summed E-state index contributed by atoms with van der Waals surface area (Å²) >= 11 is 0. The van der Waals surface area contributed by atoms with Gasteiger partial charge < -0.3 is 19.2 Å². The first-order valence-corrected chi connectivity index (χ1v) is 7.52. The topological polar surface area (TPSA) is 77.8 Å². The third-order valence-electron chi connectivity index (χ3n) is 3.27. The van der Waals surface area contributed by atoms with E-state index in [0.29, 0.717) is 28.7 Å². The van der Waals surface area contributed by atoms with E-state index in [9.17, 15) is 4.79 Å². The van der Waals surface area contributed by atoms with Crippen LogP contribution in [-0.4, -0.2) is 33.5 Å². The molecule has 24 heavy (non-hydrogen) atoms. The lowest BCUT2D eigenvalue weighted by Crippen LogP contribution is -2.17. The van der Waals surface area contributed by atoms with Crippen LogP contribution in [0.3, 0.4) is 0 Å². The molecule has 3 aromatic rings. The Kier molecular flexibility index (Phi) is 4.33. The second-order valence-electron chi connectivity index (χ2n) is 5.43. The van der Waals surface area contributed by atoms with Gasteiger partial charge in [-0.25, -0.2) is 4.98 Å². The fraction of sp³-hybridized carbons (Fsp3) is 0.235. The molecule has 0 saturated carbocycles. The van der Waals surface area contributed by atoms with Crippen LogP contribution in [0.5, 0.6) is 11.6 Å². The summed E-state index contributed by atoms with van der Waals surface area (Å²) in [6.45, 7) is 3.81. The van der Waals surface area contributed by atoms with E-state index >= 15 is 0 Å². The maximum Gasteiger partial charge on any atom is 0.262 e. The molecule has 0 fully saturated rings. The van der Waals surface area contributed by atoms with Crippen LogP contribution in [-0.2, 0) is 0 Å². The van der Waals surface area contributed by atoms with Gasteiger partial charge in [0.15, 0.2) is 0 Å². The van der Waals surface area contributed by atoms with Crippen molar-refractivity contribution < 1.29 is 14.3 Å². The second kappa shape index (κ2) is 6.57. The molecule has 0 atom stereocenters. The number of hydrogen-bond donors (Lipinski definition) is 1. The number of anilines is 1. The highest BCUT2D eigenvalue weighted by atomic mass is 16.5. The Labute approximate surface area is 139 Å². The van der Waals surface area contributed by atoms with Crippen molar-refractivity contribution in [3.63, 3.8) is 0 Å². The molecule has 0 aliphatic heterocycles. The van der Waals surface area contributed by atoms with Crippen LogP contribution in [0.4, 0.5) is 5.82 Å². The van der Waals surface area contributed by atoms with E-state index < -0.39 is 0 Å². The summed E-state index contributed by atoms with van der Waals surface area (Å²) in [6.07, 6.45) is 5.06. The number of carbonyl (C=O) groups is 1. The number of carbonyl (C=O) groups excluding carboxylic acids is 1. The zero-order valence-corrected chi connectivity index (χ0v) is 13.7. The highest BCUT2D eigenvalue weighted by molar-refractivity contribution is 6.05. The molecule has 0 aliphatic rings. The first-order valence-electron chi connectivity index (χ1n) is 7.52. The van der Waals surface area contributed by atoms with E-state index in [2.05, 4.69) is 15.3 Å². The van der Waals surface area contributed by atoms with Gasteiger partial charge in [0.25, 0.3) is 5.91 Å². The molecule has 3 aromatic heterocycles. The van der Waals surface area contributed by atoms with Crippen LogP contribution >= 0.6 is 0 Å². The third-order valence-corrected chi connectivity index (χ3v) is 3.27. The molecule has 0 unspecified atom stereocenters. The number of nitrogens with zero attached hydrogens (tertiary/aromatic N) is 3. The lowest BCUT2D eigenvalue weighted by Gasteiger charge is -2.14. The zero-order valence-electron chi connectivity index (χ0n) is 13.7. The normalized spacial score (nSPS) is 10.8. The second-order valence-corrected chi connectivity index (χ2v) is 5.43. The van der Waals surface area contributed by atoms with E-state index in [4.69, 9.17) is 9.47 Å². The molecule has 3 rings (SSSR count). The molecule has 0 spiro atoms. The Morgan fingerprint density at radius 2 is 2.17 bits per heavy atom. The van der Waals surface area contributed by atoms with Crippen molar-refractivity contribution in [3.05, 3.63) is 48.4 Å². The standard InChI is InChI=1S/C17H18N4O3/c1-11(2)24-13-9-15-18-7-8-21(15)10-12(13)17(22)20-14-5-4-6-16(19-14)23-3/h4-11H,1-3H3,(H,19,20,22). The van der Waals surface area contributed by atoms with Crippen molar-refractivity contribution in [3.8, 4) is 11.6 Å². The van der Waals surface area contributed by atoms with Gasteiger partial charge in [0.05, 0.1) is 18.8 Å². The van der Waals surface area contributed by atoms with Crippen LogP contribution in [0, 0.1) is 0 Å². The SMILES string of the molecule is COc1cccc(NC(=O)c2cn3ccnc3cc2OC(C)C)n1. The van der Waals surface area contributed by atoms with Gasteiger partial charge in [0.2, 0.25) is 5.88 Å². The molecule has 124 valence electrons. The summed E-state index contributed by atoms with van der Waals surface area (Å²) in [5, 5.41) is 2.76. The minimum Gasteiger partial charge on any atom is -0.490 e. The zero-order chi connectivity index (χ0) is 17.1. The highest BCUT2D eigenvalue weighted by Crippen LogP contribution is 2.23. The number of methoxy groups -OCH3 is 1. The summed E-state index contributed by atoms with van der Waals surface area (Å²) in [4.78, 5) is 21.1. The van der Waals surface area contributed by atoms with Crippen molar-refractivity contribution in [1.82, 2.24) is 14.4 Å². The number of fused-ring (bicyclic) bond motifs is 1. The fourth-order valence-corrected chi connectivity index (χ4v) is 2.25. The van der Waals surface area contributed by atoms with Crippen LogP contribution in [0.25, 0.3) is 5.65 Å². The van der Waals surface area contributed by atoms with E-state index in [1.807, 2.05) is 13.8 Å². The molecule has 0 saturated heterocycles. The number of imidazole rings is 1. The van der Waals surface area contributed by atoms with E-state index in [1.54, 1.807) is 47.3 Å². The fourth-order valence-electron chi connectivity index (χ4n) is 2.25. The molecule has 0 aliphatic carbocycles. The molecule has 1 N–H and O–H groups in total. The number of rotatable bonds is 5. The first kappa shape index (κ1) is 15.8. The predicted molar refractivity (Wildman–Crippen MR) is 89.7 cm³/mol. The van der Waals surface area contributed by atoms with Crippen molar-refractivity contribution in [2.75, 3.05) is 12.4 Å². The van der Waals surface area contributed by atoms with Crippen molar-refractivity contribution in [2.45, 2.75) is 20.0 Å². The number of nitrogens with one attached hydrogen (secondary N) is 1. The average Bonchev–Trinajstić information content (AvgIpc) is 3.01. The summed E-state index contributed by atoms with van der Waals surface area (Å²) < 4.78 is 12.6. The van der Waals surface area contributed by atoms with E-state index in [0.717, 1.165) is 0 Å². The quantitative estimate of drug-likeness (QED) is 0.780. The molecule has 7 nitrogen and oxygen atoms in total. The van der Waals surface area contributed by atoms with Gasteiger partial charge >= 0.3 is 0 Å². The van der Waals surface area contributed by atoms with Gasteiger partial charge in [-0.1, -0.05) is 6.07 Å². The minimum atomic E-state index is -0.318. The van der Waals surface area contributed by atoms with Crippen LogP contribution in [0.2, 0.25) is 0 Å². The van der Waals surface area contributed by atoms with Crippen LogP contribution in [0.1, 0.15) is 24.2 Å². The molecule has 0 radical (unpaired) electrons. The van der Waals surface area contributed by atoms with E-state index in [1.165, 1.54) is 7.11 Å². The number of aromatic nitrogens is 3. The molecule has 0 bridgehead atoms. The van der Waals surface area contributed by atoms with Crippen LogP contribution < -0.4 is 14.8 Å². The average molecular weight is 326 g/mol. The predicted octanol–water partition coefficient (Wildman–Crippen LogP) is 2.78. The molecule has 1 amide bonds. The van der Waals surface area contributed by atoms with Gasteiger partial charge in [-0.15, -0.1) is 0 Å². The lowest BCUT2D eigenvalue weighted by molar-refractivity contribution is 0.102. The summed E-state index contributed by atoms with van der Waals surface area (Å²) in [7, 11) is 1.52. The molecule has 0 aromatic carbocycles. The monoisotopic (exact) mass is 326 g/mol. The molecule has 3 heterocycles. The number of ether oxygens (including phenoxy) is 2. The largest absolute Gasteiger partial charge is 0.490 e. The minimum absolute atomic E-state index is 0.0658. The Morgan fingerprint density at radius 1 is 1.33 bits per heavy atom. The Bertz CT molecular complexity index is 873. The van der Waals surface area contributed by atoms with Crippen molar-refractivity contribution in [2.24, 2.45) is 0 Å². The summed E-state index contributed by atoms with van der Waals surface area (Å²) in [5.74, 6) is 0.989. The van der Waals surface area contributed by atoms with Gasteiger partial charge in [-0.2, -0.15) is 4.98 Å². The maximum atomic E-state index is 12.7. The summed E-state index contributed by atoms with van der Waals surface area (Å²) in [5.41, 5.74) is 1.11. The number of hydrogen-bond acceptors (Lipinski definition) is 5. The maximum absolute atomic E-state index is 12.7. The number of pyridine rings is 2. The Hall–Kier alpha value is -3.09. The molecule has 7 heteroatoms. The highest BCUT2D eigenvalue weighted by Gasteiger charge is 2.17. The number of amides is 1. The first-order chi connectivity index (χ1) is 11.6. The Balaban J connectivity index is 1.95. The summed E-state index contributed by atoms with van der Waals surface area (Å²) in [6, 6.07) is 6.90. The molecular formula is C17H18N4O3. The lowest BCUT2D eigenvalue weighted by atomic mass is 10.2. The van der Waals surface area contributed by atoms with Gasteiger partial charge in [0, 0.05) is 30.7 Å². The van der Waals surface area contributed by atoms with Crippen molar-refractivity contribution >= 4 is 17.4 Å². The van der Waals surface area contributed by atoms with Crippen molar-refractivity contribution in [1.29, 1.82) is 0 Å². The smallest absolute Gasteiger partial charge is 0.262 e.